The molecule has 2 heterocycles. The van der Waals surface area contributed by atoms with Crippen molar-refractivity contribution in [2.45, 2.75) is 50.6 Å². The van der Waals surface area contributed by atoms with Crippen LogP contribution in [0.25, 0.3) is 0 Å². The van der Waals surface area contributed by atoms with Gasteiger partial charge >= 0.3 is 21.5 Å². The van der Waals surface area contributed by atoms with Gasteiger partial charge in [0, 0.05) is 18.3 Å². The first-order chi connectivity index (χ1) is 15.8. The van der Waals surface area contributed by atoms with Gasteiger partial charge < -0.3 is 4.90 Å². The van der Waals surface area contributed by atoms with Crippen LogP contribution in [0.4, 0.5) is 44.1 Å². The molecule has 0 fully saturated rings. The number of benzene rings is 1. The number of fused-ring (bicyclic) bond motifs is 1. The van der Waals surface area contributed by atoms with Crippen molar-refractivity contribution >= 4 is 43.6 Å². The average Bonchev–Trinajstić information content (AvgIpc) is 3.25. The van der Waals surface area contributed by atoms with Crippen molar-refractivity contribution in [1.29, 1.82) is 0 Å². The van der Waals surface area contributed by atoms with Crippen LogP contribution in [0.1, 0.15) is 32.3 Å². The minimum absolute atomic E-state index is 0.0853. The van der Waals surface area contributed by atoms with Crippen LogP contribution in [0.3, 0.4) is 0 Å². The second-order valence-corrected chi connectivity index (χ2v) is 10.2. The van der Waals surface area contributed by atoms with E-state index in [-0.39, 0.29) is 16.9 Å². The van der Waals surface area contributed by atoms with Gasteiger partial charge in [0.2, 0.25) is 0 Å². The molecule has 0 bridgehead atoms. The summed E-state index contributed by atoms with van der Waals surface area (Å²) in [6.45, 7) is 8.26. The van der Waals surface area contributed by atoms with Crippen LogP contribution in [-0.4, -0.2) is 42.6 Å². The van der Waals surface area contributed by atoms with Gasteiger partial charge in [-0.15, -0.1) is 20.4 Å². The minimum atomic E-state index is -6.32. The molecule has 2 aromatic rings. The molecule has 1 unspecified atom stereocenters. The third kappa shape index (κ3) is 5.04. The number of hydrogen-bond acceptors (Lipinski definition) is 8. The summed E-state index contributed by atoms with van der Waals surface area (Å²) < 4.78 is 91.5. The third-order valence-electron chi connectivity index (χ3n) is 5.11. The predicted molar refractivity (Wildman–Crippen MR) is 119 cm³/mol. The van der Waals surface area contributed by atoms with E-state index in [1.165, 1.54) is 22.4 Å². The van der Waals surface area contributed by atoms with E-state index in [0.717, 1.165) is 16.9 Å². The lowest BCUT2D eigenvalue weighted by Crippen LogP contribution is -2.47. The normalized spacial score (nSPS) is 17.1. The first kappa shape index (κ1) is 25.9. The van der Waals surface area contributed by atoms with Crippen LogP contribution in [0.15, 0.2) is 40.0 Å². The minimum Gasteiger partial charge on any atom is -0.365 e. The van der Waals surface area contributed by atoms with Crippen LogP contribution in [0.2, 0.25) is 0 Å². The molecule has 1 aromatic heterocycles. The molecule has 0 radical (unpaired) electrons. The highest BCUT2D eigenvalue weighted by atomic mass is 32.2. The number of nitrogens with one attached hydrogen (secondary N) is 1. The molecule has 186 valence electrons. The summed E-state index contributed by atoms with van der Waals surface area (Å²) in [7, 11) is -6.22. The molecular weight excluding hydrogens is 503 g/mol. The summed E-state index contributed by atoms with van der Waals surface area (Å²) in [6, 6.07) is 2.52. The number of hydrogen-bond donors (Lipinski definition) is 1. The van der Waals surface area contributed by atoms with Crippen molar-refractivity contribution in [1.82, 2.24) is 10.2 Å². The number of aromatic nitrogens is 2. The van der Waals surface area contributed by atoms with E-state index in [1.54, 1.807) is 0 Å². The Morgan fingerprint density at radius 1 is 1.29 bits per heavy atom. The lowest BCUT2D eigenvalue weighted by molar-refractivity contribution is -0.241. The zero-order valence-corrected chi connectivity index (χ0v) is 19.7. The Morgan fingerprint density at radius 3 is 2.56 bits per heavy atom. The van der Waals surface area contributed by atoms with E-state index >= 15 is 0 Å². The Labute approximate surface area is 196 Å². The molecule has 0 amide bonds. The highest BCUT2D eigenvalue weighted by molar-refractivity contribution is 7.93. The number of rotatable bonds is 8. The molecule has 0 aliphatic carbocycles. The quantitative estimate of drug-likeness (QED) is 0.261. The number of alkyl halides is 5. The van der Waals surface area contributed by atoms with E-state index in [1.807, 2.05) is 18.7 Å². The fraction of sp³-hybridized carbons (Fsp3) is 0.474. The number of azo groups is 1. The summed E-state index contributed by atoms with van der Waals surface area (Å²) in [6.07, 6.45) is -4.40. The van der Waals surface area contributed by atoms with Gasteiger partial charge in [0.05, 0.1) is 5.69 Å². The second kappa shape index (κ2) is 9.52. The fourth-order valence-electron chi connectivity index (χ4n) is 3.57. The zero-order chi connectivity index (χ0) is 25.3. The summed E-state index contributed by atoms with van der Waals surface area (Å²) in [5.41, 5.74) is 2.59. The molecule has 1 N–H and O–H groups in total. The van der Waals surface area contributed by atoms with Crippen molar-refractivity contribution in [3.8, 4) is 0 Å². The smallest absolute Gasteiger partial charge is 0.365 e. The molecular formula is C19H21F5N6O2S2. The van der Waals surface area contributed by atoms with Crippen LogP contribution < -0.4 is 9.62 Å². The molecule has 1 atom stereocenters. The number of anilines is 2. The monoisotopic (exact) mass is 524 g/mol. The average molecular weight is 525 g/mol. The first-order valence-corrected chi connectivity index (χ1v) is 12.4. The highest BCUT2D eigenvalue weighted by Crippen LogP contribution is 2.44. The maximum absolute atomic E-state index is 13.8. The summed E-state index contributed by atoms with van der Waals surface area (Å²) in [4.78, 5) is 1.92. The Balaban J connectivity index is 2.14. The number of halogens is 5. The standard InChI is InChI=1S/C19H21F5N6O2S2/c1-4-7-30-15(11(2)3)6-5-12-8-13(26-28-17-27-25-10-33-17)14(9-16(12)30)29-34(31,32)19(23,24)18(20,21)22/h8-10,15,29H,2,4-7H2,1,3H3. The maximum atomic E-state index is 13.8. The van der Waals surface area contributed by atoms with Crippen molar-refractivity contribution in [2.75, 3.05) is 16.2 Å². The van der Waals surface area contributed by atoms with Crippen LogP contribution in [0.5, 0.6) is 0 Å². The lowest BCUT2D eigenvalue weighted by atomic mass is 9.91. The van der Waals surface area contributed by atoms with Gasteiger partial charge in [-0.25, -0.2) is 0 Å². The third-order valence-corrected chi connectivity index (χ3v) is 7.08. The van der Waals surface area contributed by atoms with E-state index in [2.05, 4.69) is 27.0 Å². The Morgan fingerprint density at radius 2 is 2.00 bits per heavy atom. The Hall–Kier alpha value is -2.68. The molecule has 34 heavy (non-hydrogen) atoms. The Bertz CT molecular complexity index is 1180. The summed E-state index contributed by atoms with van der Waals surface area (Å²) in [5.74, 6) is 0. The highest BCUT2D eigenvalue weighted by Gasteiger charge is 2.67. The molecule has 0 saturated carbocycles. The van der Waals surface area contributed by atoms with Gasteiger partial charge in [0.25, 0.3) is 5.13 Å². The van der Waals surface area contributed by atoms with Crippen molar-refractivity contribution in [3.63, 3.8) is 0 Å². The topological polar surface area (TPSA) is 99.9 Å². The zero-order valence-electron chi connectivity index (χ0n) is 18.1. The summed E-state index contributed by atoms with van der Waals surface area (Å²) >= 11 is 1.00. The van der Waals surface area contributed by atoms with Gasteiger partial charge in [-0.2, -0.15) is 30.4 Å². The number of aryl methyl sites for hydroxylation is 1. The molecule has 0 spiro atoms. The molecule has 3 rings (SSSR count). The molecule has 1 aromatic carbocycles. The van der Waals surface area contributed by atoms with Gasteiger partial charge in [-0.3, -0.25) is 4.72 Å². The van der Waals surface area contributed by atoms with E-state index in [9.17, 15) is 30.4 Å². The van der Waals surface area contributed by atoms with E-state index in [4.69, 9.17) is 0 Å². The largest absolute Gasteiger partial charge is 0.471 e. The first-order valence-electron chi connectivity index (χ1n) is 10.0. The van der Waals surface area contributed by atoms with Crippen molar-refractivity contribution in [2.24, 2.45) is 10.2 Å². The molecule has 0 saturated heterocycles. The van der Waals surface area contributed by atoms with Gasteiger partial charge in [-0.05, 0) is 43.9 Å². The molecule has 1 aliphatic heterocycles. The molecule has 8 nitrogen and oxygen atoms in total. The van der Waals surface area contributed by atoms with Crippen LogP contribution in [0, 0.1) is 0 Å². The SMILES string of the molecule is C=C(C)C1CCc2cc(N=Nc3nncs3)c(NS(=O)(=O)C(F)(F)C(F)(F)F)cc2N1CCC. The van der Waals surface area contributed by atoms with Crippen molar-refractivity contribution in [3.05, 3.63) is 35.4 Å². The van der Waals surface area contributed by atoms with Crippen LogP contribution >= 0.6 is 11.3 Å². The fourth-order valence-corrected chi connectivity index (χ4v) is 4.82. The summed E-state index contributed by atoms with van der Waals surface area (Å²) in [5, 5.41) is 8.90. The van der Waals surface area contributed by atoms with E-state index in [0.29, 0.717) is 37.1 Å². The predicted octanol–water partition coefficient (Wildman–Crippen LogP) is 5.96. The number of nitrogens with zero attached hydrogens (tertiary/aromatic N) is 5. The number of sulfonamides is 1. The van der Waals surface area contributed by atoms with E-state index < -0.39 is 27.1 Å². The van der Waals surface area contributed by atoms with Gasteiger partial charge in [0.15, 0.2) is 0 Å². The van der Waals surface area contributed by atoms with Crippen molar-refractivity contribution < 1.29 is 30.4 Å². The molecule has 15 heteroatoms. The Kier molecular flexibility index (Phi) is 7.26. The van der Waals surface area contributed by atoms with Gasteiger partial charge in [0.1, 0.15) is 11.2 Å². The maximum Gasteiger partial charge on any atom is 0.471 e. The second-order valence-electron chi connectivity index (χ2n) is 7.63. The van der Waals surface area contributed by atoms with Crippen LogP contribution in [-0.2, 0) is 16.4 Å². The molecule has 1 aliphatic rings. The lowest BCUT2D eigenvalue weighted by Gasteiger charge is -2.40. The van der Waals surface area contributed by atoms with Gasteiger partial charge in [-0.1, -0.05) is 30.4 Å².